The molecular formula is C12H11Cl2N3O. The van der Waals surface area contributed by atoms with Crippen LogP contribution in [0, 0.1) is 6.92 Å². The molecule has 0 spiro atoms. The van der Waals surface area contributed by atoms with Crippen molar-refractivity contribution in [2.24, 2.45) is 0 Å². The van der Waals surface area contributed by atoms with Gasteiger partial charge in [0, 0.05) is 17.1 Å². The number of rotatable bonds is 3. The van der Waals surface area contributed by atoms with Crippen LogP contribution in [0.15, 0.2) is 24.5 Å². The molecule has 0 unspecified atom stereocenters. The van der Waals surface area contributed by atoms with Crippen molar-refractivity contribution >= 4 is 29.0 Å². The maximum atomic E-state index is 5.91. The number of nitrogens with zero attached hydrogens (tertiary/aromatic N) is 2. The molecule has 94 valence electrons. The Hall–Kier alpha value is -1.52. The molecule has 0 aliphatic rings. The lowest BCUT2D eigenvalue weighted by Crippen LogP contribution is -1.99. The van der Waals surface area contributed by atoms with Crippen molar-refractivity contribution in [1.82, 2.24) is 9.97 Å². The first-order valence-corrected chi connectivity index (χ1v) is 5.99. The molecular weight excluding hydrogens is 273 g/mol. The third-order valence-corrected chi connectivity index (χ3v) is 2.76. The first-order chi connectivity index (χ1) is 8.60. The highest BCUT2D eigenvalue weighted by Gasteiger charge is 2.08. The lowest BCUT2D eigenvalue weighted by atomic mass is 10.3. The van der Waals surface area contributed by atoms with Crippen molar-refractivity contribution in [3.05, 3.63) is 40.1 Å². The van der Waals surface area contributed by atoms with Crippen LogP contribution in [-0.2, 0) is 0 Å². The number of nitrogens with one attached hydrogen (secondary N) is 1. The van der Waals surface area contributed by atoms with Gasteiger partial charge < -0.3 is 10.1 Å². The SMILES string of the molecule is CNc1ncnc(Oc2cc(Cl)cc(Cl)c2)c1C. The lowest BCUT2D eigenvalue weighted by Gasteiger charge is -2.10. The van der Waals surface area contributed by atoms with Gasteiger partial charge in [0.1, 0.15) is 17.9 Å². The number of hydrogen-bond acceptors (Lipinski definition) is 4. The van der Waals surface area contributed by atoms with E-state index < -0.39 is 0 Å². The van der Waals surface area contributed by atoms with Crippen LogP contribution in [0.5, 0.6) is 11.6 Å². The van der Waals surface area contributed by atoms with Crippen molar-refractivity contribution < 1.29 is 4.74 Å². The van der Waals surface area contributed by atoms with Crippen molar-refractivity contribution in [3.63, 3.8) is 0 Å². The normalized spacial score (nSPS) is 10.2. The van der Waals surface area contributed by atoms with Crippen LogP contribution in [0.4, 0.5) is 5.82 Å². The summed E-state index contributed by atoms with van der Waals surface area (Å²) in [6.07, 6.45) is 1.43. The van der Waals surface area contributed by atoms with Gasteiger partial charge in [-0.1, -0.05) is 23.2 Å². The molecule has 0 saturated heterocycles. The third kappa shape index (κ3) is 2.83. The summed E-state index contributed by atoms with van der Waals surface area (Å²) >= 11 is 11.8. The predicted octanol–water partition coefficient (Wildman–Crippen LogP) is 3.93. The number of ether oxygens (including phenoxy) is 1. The minimum Gasteiger partial charge on any atom is -0.438 e. The van der Waals surface area contributed by atoms with Crippen molar-refractivity contribution in [3.8, 4) is 11.6 Å². The Bertz CT molecular complexity index is 555. The molecule has 0 fully saturated rings. The van der Waals surface area contributed by atoms with E-state index in [1.807, 2.05) is 6.92 Å². The second-order valence-electron chi connectivity index (χ2n) is 3.61. The zero-order chi connectivity index (χ0) is 13.1. The fourth-order valence-corrected chi connectivity index (χ4v) is 1.99. The molecule has 1 N–H and O–H groups in total. The fourth-order valence-electron chi connectivity index (χ4n) is 1.49. The Morgan fingerprint density at radius 1 is 1.11 bits per heavy atom. The van der Waals surface area contributed by atoms with Gasteiger partial charge in [-0.05, 0) is 25.1 Å². The highest BCUT2D eigenvalue weighted by Crippen LogP contribution is 2.30. The first kappa shape index (κ1) is 12.9. The van der Waals surface area contributed by atoms with E-state index in [-0.39, 0.29) is 0 Å². The average Bonchev–Trinajstić information content (AvgIpc) is 2.30. The zero-order valence-corrected chi connectivity index (χ0v) is 11.4. The summed E-state index contributed by atoms with van der Waals surface area (Å²) in [4.78, 5) is 8.16. The Balaban J connectivity index is 2.34. The van der Waals surface area contributed by atoms with E-state index in [9.17, 15) is 0 Å². The molecule has 1 aromatic carbocycles. The standard InChI is InChI=1S/C12H11Cl2N3O/c1-7-11(15-2)16-6-17-12(7)18-10-4-8(13)3-9(14)5-10/h3-6H,1-2H3,(H,15,16,17). The van der Waals surface area contributed by atoms with Gasteiger partial charge in [0.25, 0.3) is 0 Å². The van der Waals surface area contributed by atoms with E-state index in [4.69, 9.17) is 27.9 Å². The molecule has 0 radical (unpaired) electrons. The number of anilines is 1. The predicted molar refractivity (Wildman–Crippen MR) is 72.9 cm³/mol. The Kier molecular flexibility index (Phi) is 3.89. The number of halogens is 2. The van der Waals surface area contributed by atoms with E-state index in [2.05, 4.69) is 15.3 Å². The summed E-state index contributed by atoms with van der Waals surface area (Å²) in [6, 6.07) is 4.99. The number of aromatic nitrogens is 2. The Labute approximate surface area is 115 Å². The molecule has 4 nitrogen and oxygen atoms in total. The summed E-state index contributed by atoms with van der Waals surface area (Å²) in [5.41, 5.74) is 0.816. The highest BCUT2D eigenvalue weighted by molar-refractivity contribution is 6.34. The maximum Gasteiger partial charge on any atom is 0.227 e. The molecule has 0 bridgehead atoms. The molecule has 18 heavy (non-hydrogen) atoms. The first-order valence-electron chi connectivity index (χ1n) is 5.23. The van der Waals surface area contributed by atoms with Gasteiger partial charge in [-0.2, -0.15) is 0 Å². The molecule has 0 amide bonds. The second-order valence-corrected chi connectivity index (χ2v) is 4.48. The van der Waals surface area contributed by atoms with Gasteiger partial charge in [-0.25, -0.2) is 9.97 Å². The molecule has 2 rings (SSSR count). The van der Waals surface area contributed by atoms with Crippen LogP contribution >= 0.6 is 23.2 Å². The van der Waals surface area contributed by atoms with Crippen LogP contribution in [0.25, 0.3) is 0 Å². The quantitative estimate of drug-likeness (QED) is 0.927. The van der Waals surface area contributed by atoms with E-state index >= 15 is 0 Å². The largest absolute Gasteiger partial charge is 0.438 e. The van der Waals surface area contributed by atoms with E-state index in [0.717, 1.165) is 5.56 Å². The average molecular weight is 284 g/mol. The fraction of sp³-hybridized carbons (Fsp3) is 0.167. The monoisotopic (exact) mass is 283 g/mol. The maximum absolute atomic E-state index is 5.91. The summed E-state index contributed by atoms with van der Waals surface area (Å²) in [5, 5.41) is 3.99. The molecule has 0 aliphatic heterocycles. The van der Waals surface area contributed by atoms with Crippen LogP contribution in [0.3, 0.4) is 0 Å². The van der Waals surface area contributed by atoms with Crippen LogP contribution in [0.2, 0.25) is 10.0 Å². The lowest BCUT2D eigenvalue weighted by molar-refractivity contribution is 0.458. The van der Waals surface area contributed by atoms with Gasteiger partial charge in [-0.15, -0.1) is 0 Å². The summed E-state index contributed by atoms with van der Waals surface area (Å²) < 4.78 is 5.65. The van der Waals surface area contributed by atoms with E-state index in [0.29, 0.717) is 27.5 Å². The molecule has 1 aromatic heterocycles. The van der Waals surface area contributed by atoms with Gasteiger partial charge in [0.05, 0.1) is 5.56 Å². The smallest absolute Gasteiger partial charge is 0.227 e. The zero-order valence-electron chi connectivity index (χ0n) is 9.87. The molecule has 0 atom stereocenters. The van der Waals surface area contributed by atoms with Gasteiger partial charge in [0.15, 0.2) is 0 Å². The van der Waals surface area contributed by atoms with E-state index in [1.54, 1.807) is 25.2 Å². The van der Waals surface area contributed by atoms with Crippen molar-refractivity contribution in [2.45, 2.75) is 6.92 Å². The van der Waals surface area contributed by atoms with Gasteiger partial charge in [0.2, 0.25) is 5.88 Å². The molecule has 1 heterocycles. The van der Waals surface area contributed by atoms with Crippen molar-refractivity contribution in [2.75, 3.05) is 12.4 Å². The molecule has 0 aliphatic carbocycles. The second kappa shape index (κ2) is 5.42. The number of hydrogen-bond donors (Lipinski definition) is 1. The Morgan fingerprint density at radius 3 is 2.39 bits per heavy atom. The van der Waals surface area contributed by atoms with Crippen LogP contribution in [-0.4, -0.2) is 17.0 Å². The van der Waals surface area contributed by atoms with Crippen LogP contribution < -0.4 is 10.1 Å². The molecule has 2 aromatic rings. The molecule has 0 saturated carbocycles. The van der Waals surface area contributed by atoms with E-state index in [1.165, 1.54) is 6.33 Å². The van der Waals surface area contributed by atoms with Crippen molar-refractivity contribution in [1.29, 1.82) is 0 Å². The van der Waals surface area contributed by atoms with Crippen LogP contribution in [0.1, 0.15) is 5.56 Å². The molecule has 6 heteroatoms. The number of benzene rings is 1. The van der Waals surface area contributed by atoms with Gasteiger partial charge >= 0.3 is 0 Å². The highest BCUT2D eigenvalue weighted by atomic mass is 35.5. The topological polar surface area (TPSA) is 47.0 Å². The minimum absolute atomic E-state index is 0.465. The third-order valence-electron chi connectivity index (χ3n) is 2.33. The van der Waals surface area contributed by atoms with Gasteiger partial charge in [-0.3, -0.25) is 0 Å². The Morgan fingerprint density at radius 2 is 1.78 bits per heavy atom. The summed E-state index contributed by atoms with van der Waals surface area (Å²) in [5.74, 6) is 1.72. The summed E-state index contributed by atoms with van der Waals surface area (Å²) in [6.45, 7) is 1.87. The minimum atomic E-state index is 0.465. The summed E-state index contributed by atoms with van der Waals surface area (Å²) in [7, 11) is 1.79.